The van der Waals surface area contributed by atoms with Crippen molar-refractivity contribution in [3.8, 4) is 0 Å². The summed E-state index contributed by atoms with van der Waals surface area (Å²) in [6.45, 7) is 6.58. The van der Waals surface area contributed by atoms with Gasteiger partial charge < -0.3 is 0 Å². The molecule has 1 nitrogen and oxygen atoms in total. The van der Waals surface area contributed by atoms with Crippen molar-refractivity contribution < 1.29 is 0 Å². The molecule has 0 unspecified atom stereocenters. The Morgan fingerprint density at radius 2 is 2.00 bits per heavy atom. The minimum atomic E-state index is 0.659. The monoisotopic (exact) mass is 317 g/mol. The first kappa shape index (κ1) is 15.0. The lowest BCUT2D eigenvalue weighted by Crippen LogP contribution is -2.35. The maximum atomic E-state index is 6.02. The average molecular weight is 319 g/mol. The lowest BCUT2D eigenvalue weighted by atomic mass is 10.1. The molecule has 0 aliphatic heterocycles. The van der Waals surface area contributed by atoms with Crippen molar-refractivity contribution in [3.63, 3.8) is 0 Å². The van der Waals surface area contributed by atoms with Gasteiger partial charge in [-0.25, -0.2) is 0 Å². The Balaban J connectivity index is 2.71. The molecule has 0 atom stereocenters. The maximum Gasteiger partial charge on any atom is 0.0409 e. The largest absolute Gasteiger partial charge is 0.295 e. The summed E-state index contributed by atoms with van der Waals surface area (Å²) in [7, 11) is 0. The van der Waals surface area contributed by atoms with Gasteiger partial charge in [-0.15, -0.1) is 0 Å². The highest BCUT2D eigenvalue weighted by atomic mass is 79.9. The normalized spacial score (nSPS) is 11.4. The Hall–Kier alpha value is -0.0500. The number of halogens is 2. The summed E-state index contributed by atoms with van der Waals surface area (Å²) in [5, 5.41) is 1.84. The molecule has 0 spiro atoms. The minimum Gasteiger partial charge on any atom is -0.295 e. The van der Waals surface area contributed by atoms with Crippen molar-refractivity contribution in [1.82, 2.24) is 4.90 Å². The SMILES string of the molecule is CCC(CC)N(CCBr)Cc1cccc(Cl)c1. The molecule has 17 heavy (non-hydrogen) atoms. The van der Waals surface area contributed by atoms with Gasteiger partial charge in [-0.1, -0.05) is 53.5 Å². The summed E-state index contributed by atoms with van der Waals surface area (Å²) < 4.78 is 0. The van der Waals surface area contributed by atoms with Gasteiger partial charge in [0.2, 0.25) is 0 Å². The van der Waals surface area contributed by atoms with Gasteiger partial charge >= 0.3 is 0 Å². The zero-order chi connectivity index (χ0) is 12.7. The van der Waals surface area contributed by atoms with E-state index >= 15 is 0 Å². The first-order valence-corrected chi connectivity index (χ1v) is 7.75. The van der Waals surface area contributed by atoms with Crippen LogP contribution in [0.2, 0.25) is 5.02 Å². The van der Waals surface area contributed by atoms with E-state index in [9.17, 15) is 0 Å². The van der Waals surface area contributed by atoms with E-state index in [0.717, 1.165) is 23.4 Å². The number of nitrogens with zero attached hydrogens (tertiary/aromatic N) is 1. The van der Waals surface area contributed by atoms with E-state index in [1.165, 1.54) is 18.4 Å². The highest BCUT2D eigenvalue weighted by Gasteiger charge is 2.14. The third-order valence-corrected chi connectivity index (χ3v) is 3.70. The van der Waals surface area contributed by atoms with Crippen molar-refractivity contribution in [2.75, 3.05) is 11.9 Å². The second-order valence-corrected chi connectivity index (χ2v) is 5.49. The highest BCUT2D eigenvalue weighted by molar-refractivity contribution is 9.09. The number of hydrogen-bond acceptors (Lipinski definition) is 1. The van der Waals surface area contributed by atoms with Crippen LogP contribution in [0.25, 0.3) is 0 Å². The van der Waals surface area contributed by atoms with E-state index < -0.39 is 0 Å². The molecule has 0 saturated heterocycles. The van der Waals surface area contributed by atoms with Crippen LogP contribution < -0.4 is 0 Å². The summed E-state index contributed by atoms with van der Waals surface area (Å²) >= 11 is 9.56. The zero-order valence-corrected chi connectivity index (χ0v) is 13.0. The van der Waals surface area contributed by atoms with Gasteiger partial charge in [0.15, 0.2) is 0 Å². The number of rotatable bonds is 7. The predicted molar refractivity (Wildman–Crippen MR) is 80.0 cm³/mol. The Morgan fingerprint density at radius 1 is 1.29 bits per heavy atom. The molecule has 0 saturated carbocycles. The molecular formula is C14H21BrClN. The average Bonchev–Trinajstić information content (AvgIpc) is 2.31. The summed E-state index contributed by atoms with van der Waals surface area (Å²) in [5.74, 6) is 0. The second kappa shape index (κ2) is 8.12. The zero-order valence-electron chi connectivity index (χ0n) is 10.6. The van der Waals surface area contributed by atoms with E-state index in [1.807, 2.05) is 12.1 Å². The van der Waals surface area contributed by atoms with Crippen LogP contribution in [0, 0.1) is 0 Å². The fourth-order valence-electron chi connectivity index (χ4n) is 2.17. The van der Waals surface area contributed by atoms with Crippen molar-refractivity contribution in [2.45, 2.75) is 39.3 Å². The summed E-state index contributed by atoms with van der Waals surface area (Å²) in [4.78, 5) is 2.53. The third-order valence-electron chi connectivity index (χ3n) is 3.11. The number of benzene rings is 1. The van der Waals surface area contributed by atoms with Gasteiger partial charge in [-0.3, -0.25) is 4.90 Å². The van der Waals surface area contributed by atoms with E-state index in [4.69, 9.17) is 11.6 Å². The molecule has 0 aliphatic rings. The van der Waals surface area contributed by atoms with Gasteiger partial charge in [0, 0.05) is 29.5 Å². The van der Waals surface area contributed by atoms with E-state index in [2.05, 4.69) is 46.8 Å². The van der Waals surface area contributed by atoms with Crippen molar-refractivity contribution >= 4 is 27.5 Å². The molecule has 0 N–H and O–H groups in total. The Morgan fingerprint density at radius 3 is 2.53 bits per heavy atom. The maximum absolute atomic E-state index is 6.02. The van der Waals surface area contributed by atoms with Gasteiger partial charge in [0.05, 0.1) is 0 Å². The highest BCUT2D eigenvalue weighted by Crippen LogP contribution is 2.16. The quantitative estimate of drug-likeness (QED) is 0.657. The summed E-state index contributed by atoms with van der Waals surface area (Å²) in [6.07, 6.45) is 2.40. The molecule has 0 heterocycles. The smallest absolute Gasteiger partial charge is 0.0409 e. The topological polar surface area (TPSA) is 3.24 Å². The molecule has 0 radical (unpaired) electrons. The van der Waals surface area contributed by atoms with Gasteiger partial charge in [-0.2, -0.15) is 0 Å². The summed E-state index contributed by atoms with van der Waals surface area (Å²) in [5.41, 5.74) is 1.30. The van der Waals surface area contributed by atoms with Crippen LogP contribution >= 0.6 is 27.5 Å². The molecule has 0 aromatic heterocycles. The Bertz CT molecular complexity index is 326. The van der Waals surface area contributed by atoms with E-state index in [-0.39, 0.29) is 0 Å². The molecule has 1 aromatic rings. The van der Waals surface area contributed by atoms with Gasteiger partial charge in [0.25, 0.3) is 0 Å². The molecule has 0 fully saturated rings. The molecule has 0 aliphatic carbocycles. The van der Waals surface area contributed by atoms with Crippen LogP contribution in [0.4, 0.5) is 0 Å². The third kappa shape index (κ3) is 4.99. The van der Waals surface area contributed by atoms with Gasteiger partial charge in [0.1, 0.15) is 0 Å². The van der Waals surface area contributed by atoms with Crippen molar-refractivity contribution in [1.29, 1.82) is 0 Å². The predicted octanol–water partition coefficient (Wildman–Crippen LogP) is 4.73. The lowest BCUT2D eigenvalue weighted by molar-refractivity contribution is 0.189. The fourth-order valence-corrected chi connectivity index (χ4v) is 2.84. The Labute approximate surface area is 118 Å². The van der Waals surface area contributed by atoms with Crippen LogP contribution in [0.5, 0.6) is 0 Å². The molecule has 0 bridgehead atoms. The first-order chi connectivity index (χ1) is 8.21. The molecule has 3 heteroatoms. The lowest BCUT2D eigenvalue weighted by Gasteiger charge is -2.30. The molecule has 0 amide bonds. The van der Waals surface area contributed by atoms with Crippen molar-refractivity contribution in [3.05, 3.63) is 34.9 Å². The summed E-state index contributed by atoms with van der Waals surface area (Å²) in [6, 6.07) is 8.82. The first-order valence-electron chi connectivity index (χ1n) is 6.25. The van der Waals surface area contributed by atoms with E-state index in [0.29, 0.717) is 6.04 Å². The van der Waals surface area contributed by atoms with Gasteiger partial charge in [-0.05, 0) is 30.5 Å². The van der Waals surface area contributed by atoms with Crippen LogP contribution in [0.15, 0.2) is 24.3 Å². The van der Waals surface area contributed by atoms with Crippen LogP contribution in [0.1, 0.15) is 32.3 Å². The number of hydrogen-bond donors (Lipinski definition) is 0. The van der Waals surface area contributed by atoms with E-state index in [1.54, 1.807) is 0 Å². The van der Waals surface area contributed by atoms with Crippen LogP contribution in [-0.2, 0) is 6.54 Å². The molecule has 1 rings (SSSR count). The van der Waals surface area contributed by atoms with Crippen molar-refractivity contribution in [2.24, 2.45) is 0 Å². The standard InChI is InChI=1S/C14H21BrClN/c1-3-14(4-2)17(9-8-15)11-12-6-5-7-13(16)10-12/h5-7,10,14H,3-4,8-9,11H2,1-2H3. The minimum absolute atomic E-state index is 0.659. The number of alkyl halides is 1. The fraction of sp³-hybridized carbons (Fsp3) is 0.571. The Kier molecular flexibility index (Phi) is 7.17. The van der Waals surface area contributed by atoms with Crippen LogP contribution in [0.3, 0.4) is 0 Å². The second-order valence-electron chi connectivity index (χ2n) is 4.26. The molecule has 96 valence electrons. The molecule has 1 aromatic carbocycles. The van der Waals surface area contributed by atoms with Crippen LogP contribution in [-0.4, -0.2) is 22.8 Å². The molecular weight excluding hydrogens is 298 g/mol.